The van der Waals surface area contributed by atoms with Crippen LogP contribution in [-0.4, -0.2) is 0 Å². The number of fused-ring (bicyclic) bond motifs is 5. The summed E-state index contributed by atoms with van der Waals surface area (Å²) in [7, 11) is 0. The maximum Gasteiger partial charge on any atom is 0.0355 e. The van der Waals surface area contributed by atoms with Crippen molar-refractivity contribution in [1.82, 2.24) is 0 Å². The molecule has 0 amide bonds. The summed E-state index contributed by atoms with van der Waals surface area (Å²) >= 11 is 1.87. The molecule has 9 aromatic rings. The number of hydrogen-bond donors (Lipinski definition) is 0. The largest absolute Gasteiger partial charge is 0.135 e. The van der Waals surface area contributed by atoms with Gasteiger partial charge in [-0.05, 0) is 103 Å². The van der Waals surface area contributed by atoms with E-state index in [4.69, 9.17) is 0 Å². The summed E-state index contributed by atoms with van der Waals surface area (Å²) in [6, 6.07) is 61.4. The highest BCUT2D eigenvalue weighted by Crippen LogP contribution is 2.44. The van der Waals surface area contributed by atoms with Gasteiger partial charge in [0.05, 0.1) is 0 Å². The fourth-order valence-electron chi connectivity index (χ4n) is 9.00. The third-order valence-corrected chi connectivity index (χ3v) is 13.2. The molecule has 9 rings (SSSR count). The fourth-order valence-corrected chi connectivity index (χ4v) is 10.1. The van der Waals surface area contributed by atoms with Crippen molar-refractivity contribution in [2.45, 2.75) is 77.6 Å². The van der Waals surface area contributed by atoms with Crippen molar-refractivity contribution < 1.29 is 0 Å². The lowest BCUT2D eigenvalue weighted by atomic mass is 9.85. The summed E-state index contributed by atoms with van der Waals surface area (Å²) < 4.78 is 2.69. The predicted octanol–water partition coefficient (Wildman–Crippen LogP) is 17.5. The van der Waals surface area contributed by atoms with Gasteiger partial charge in [-0.2, -0.15) is 0 Å². The SMILES string of the molecule is CCCCCCCCCCCCc1ccc(-c2ccc(-c3c4ccccc4c(-c4ccc(-c5ccc6sc7ccccc7c6c5)cc4)c4ccccc34)cc2)cc1. The predicted molar refractivity (Wildman–Crippen MR) is 252 cm³/mol. The molecule has 0 radical (unpaired) electrons. The quantitative estimate of drug-likeness (QED) is 0.0722. The number of rotatable bonds is 15. The van der Waals surface area contributed by atoms with Crippen LogP contribution in [0, 0.1) is 0 Å². The molecule has 1 heterocycles. The number of aryl methyl sites for hydroxylation is 1. The molecule has 0 nitrogen and oxygen atoms in total. The minimum absolute atomic E-state index is 1.18. The van der Waals surface area contributed by atoms with Crippen molar-refractivity contribution in [1.29, 1.82) is 0 Å². The van der Waals surface area contributed by atoms with Crippen LogP contribution in [0.15, 0.2) is 164 Å². The van der Waals surface area contributed by atoms with Crippen molar-refractivity contribution >= 4 is 53.1 Å². The summed E-state index contributed by atoms with van der Waals surface area (Å²) in [5, 5.41) is 7.82. The monoisotopic (exact) mass is 756 g/mol. The summed E-state index contributed by atoms with van der Waals surface area (Å²) in [5.74, 6) is 0. The maximum atomic E-state index is 2.36. The van der Waals surface area contributed by atoms with E-state index in [0.717, 1.165) is 0 Å². The van der Waals surface area contributed by atoms with Crippen LogP contribution in [-0.2, 0) is 6.42 Å². The Kier molecular flexibility index (Phi) is 11.3. The maximum absolute atomic E-state index is 2.36. The lowest BCUT2D eigenvalue weighted by molar-refractivity contribution is 0.556. The average molecular weight is 757 g/mol. The molecule has 0 unspecified atom stereocenters. The molecule has 0 aliphatic rings. The Balaban J connectivity index is 0.944. The van der Waals surface area contributed by atoms with Gasteiger partial charge in [0.1, 0.15) is 0 Å². The molecule has 0 saturated carbocycles. The second-order valence-corrected chi connectivity index (χ2v) is 17.0. The first kappa shape index (κ1) is 37.1. The fraction of sp³-hybridized carbons (Fsp3) is 0.214. The standard InChI is InChI=1S/C56H52S/c1-2-3-4-5-6-7-8-9-10-11-18-40-25-27-41(28-26-40)42-29-33-44(34-30-42)55-48-20-12-14-22-50(48)56(51-23-15-13-21-49(51)55)45-35-31-43(32-36-45)46-37-38-54-52(39-46)47-19-16-17-24-53(47)57-54/h12-17,19-39H,2-11,18H2,1H3. The van der Waals surface area contributed by atoms with Crippen molar-refractivity contribution in [2.75, 3.05) is 0 Å². The Morgan fingerprint density at radius 2 is 0.702 bits per heavy atom. The Morgan fingerprint density at radius 1 is 0.316 bits per heavy atom. The highest BCUT2D eigenvalue weighted by atomic mass is 32.1. The number of thiophene rings is 1. The molecule has 0 spiro atoms. The van der Waals surface area contributed by atoms with E-state index in [9.17, 15) is 0 Å². The zero-order chi connectivity index (χ0) is 38.4. The number of hydrogen-bond acceptors (Lipinski definition) is 1. The summed E-state index contributed by atoms with van der Waals surface area (Å²) in [6.45, 7) is 2.29. The van der Waals surface area contributed by atoms with Crippen LogP contribution in [0.2, 0.25) is 0 Å². The van der Waals surface area contributed by atoms with Crippen molar-refractivity contribution in [3.63, 3.8) is 0 Å². The number of unbranched alkanes of at least 4 members (excludes halogenated alkanes) is 9. The normalized spacial score (nSPS) is 11.7. The second kappa shape index (κ2) is 17.3. The molecular weight excluding hydrogens is 705 g/mol. The van der Waals surface area contributed by atoms with Crippen LogP contribution in [0.3, 0.4) is 0 Å². The van der Waals surface area contributed by atoms with Gasteiger partial charge in [0.25, 0.3) is 0 Å². The zero-order valence-corrected chi connectivity index (χ0v) is 34.1. The molecule has 0 bridgehead atoms. The van der Waals surface area contributed by atoms with E-state index < -0.39 is 0 Å². The molecule has 1 aromatic heterocycles. The lowest BCUT2D eigenvalue weighted by Gasteiger charge is -2.18. The molecule has 57 heavy (non-hydrogen) atoms. The van der Waals surface area contributed by atoms with Crippen LogP contribution in [0.1, 0.15) is 76.7 Å². The van der Waals surface area contributed by atoms with E-state index in [2.05, 4.69) is 171 Å². The first-order chi connectivity index (χ1) is 28.2. The average Bonchev–Trinajstić information content (AvgIpc) is 3.65. The molecule has 0 aliphatic heterocycles. The Labute approximate surface area is 342 Å². The lowest BCUT2D eigenvalue weighted by Crippen LogP contribution is -1.91. The van der Waals surface area contributed by atoms with Crippen LogP contribution >= 0.6 is 11.3 Å². The molecule has 0 fully saturated rings. The number of benzene rings is 8. The van der Waals surface area contributed by atoms with Gasteiger partial charge in [-0.25, -0.2) is 0 Å². The first-order valence-corrected chi connectivity index (χ1v) is 22.2. The van der Waals surface area contributed by atoms with Crippen molar-refractivity contribution in [3.05, 3.63) is 169 Å². The molecular formula is C56H52S. The van der Waals surface area contributed by atoms with Gasteiger partial charge in [-0.3, -0.25) is 0 Å². The minimum Gasteiger partial charge on any atom is -0.135 e. The Bertz CT molecular complexity index is 2690. The summed E-state index contributed by atoms with van der Waals surface area (Å²) in [6.07, 6.45) is 15.0. The van der Waals surface area contributed by atoms with E-state index in [0.29, 0.717) is 0 Å². The topological polar surface area (TPSA) is 0 Å². The van der Waals surface area contributed by atoms with Gasteiger partial charge >= 0.3 is 0 Å². The third-order valence-electron chi connectivity index (χ3n) is 12.1. The van der Waals surface area contributed by atoms with E-state index in [-0.39, 0.29) is 0 Å². The van der Waals surface area contributed by atoms with Gasteiger partial charge in [-0.15, -0.1) is 11.3 Å². The molecule has 0 atom stereocenters. The second-order valence-electron chi connectivity index (χ2n) is 15.9. The van der Waals surface area contributed by atoms with Gasteiger partial charge in [0, 0.05) is 20.2 Å². The Hall–Kier alpha value is -5.50. The van der Waals surface area contributed by atoms with E-state index >= 15 is 0 Å². The first-order valence-electron chi connectivity index (χ1n) is 21.4. The Morgan fingerprint density at radius 3 is 1.23 bits per heavy atom. The van der Waals surface area contributed by atoms with E-state index in [1.807, 2.05) is 11.3 Å². The van der Waals surface area contributed by atoms with Crippen LogP contribution in [0.5, 0.6) is 0 Å². The highest BCUT2D eigenvalue weighted by molar-refractivity contribution is 7.25. The van der Waals surface area contributed by atoms with Gasteiger partial charge in [0.15, 0.2) is 0 Å². The highest BCUT2D eigenvalue weighted by Gasteiger charge is 2.17. The summed E-state index contributed by atoms with van der Waals surface area (Å²) in [5.41, 5.74) is 11.6. The van der Waals surface area contributed by atoms with E-state index in [1.165, 1.54) is 162 Å². The van der Waals surface area contributed by atoms with Gasteiger partial charge in [-0.1, -0.05) is 210 Å². The van der Waals surface area contributed by atoms with Gasteiger partial charge in [0.2, 0.25) is 0 Å². The smallest absolute Gasteiger partial charge is 0.0355 e. The molecule has 0 saturated heterocycles. The zero-order valence-electron chi connectivity index (χ0n) is 33.3. The van der Waals surface area contributed by atoms with E-state index in [1.54, 1.807) is 0 Å². The summed E-state index contributed by atoms with van der Waals surface area (Å²) in [4.78, 5) is 0. The molecule has 0 N–H and O–H groups in total. The van der Waals surface area contributed by atoms with Crippen LogP contribution < -0.4 is 0 Å². The third kappa shape index (κ3) is 7.92. The van der Waals surface area contributed by atoms with Crippen LogP contribution in [0.4, 0.5) is 0 Å². The minimum atomic E-state index is 1.18. The molecule has 0 aliphatic carbocycles. The van der Waals surface area contributed by atoms with Crippen molar-refractivity contribution in [3.8, 4) is 44.5 Å². The molecule has 1 heteroatoms. The van der Waals surface area contributed by atoms with Crippen LogP contribution in [0.25, 0.3) is 86.2 Å². The molecule has 282 valence electrons. The van der Waals surface area contributed by atoms with Gasteiger partial charge < -0.3 is 0 Å². The molecule has 8 aromatic carbocycles. The van der Waals surface area contributed by atoms with Crippen molar-refractivity contribution in [2.24, 2.45) is 0 Å².